The molecular weight excluding hydrogens is 487 g/mol. The van der Waals surface area contributed by atoms with E-state index in [1.165, 1.54) is 6.07 Å². The van der Waals surface area contributed by atoms with Crippen molar-refractivity contribution in [3.05, 3.63) is 59.9 Å². The Kier molecular flexibility index (Phi) is 7.04. The fraction of sp³-hybridized carbons (Fsp3) is 0.448. The molecule has 8 nitrogen and oxygen atoms in total. The second kappa shape index (κ2) is 10.7. The SMILES string of the molecule is O=C(N[C@H](CN1CCCC1)[C@H](O)c1cc(F)c2c(c1)OCCO2)[C@@H]1CCN(c2ccc3ccccc3n2)C1. The predicted molar refractivity (Wildman–Crippen MR) is 142 cm³/mol. The quantitative estimate of drug-likeness (QED) is 0.495. The molecule has 2 saturated heterocycles. The maximum absolute atomic E-state index is 14.7. The molecule has 4 heterocycles. The first-order valence-electron chi connectivity index (χ1n) is 13.5. The lowest BCUT2D eigenvalue weighted by Gasteiger charge is -2.30. The normalized spacial score (nSPS) is 21.0. The molecule has 200 valence electrons. The van der Waals surface area contributed by atoms with E-state index in [1.54, 1.807) is 6.07 Å². The number of nitrogens with one attached hydrogen (secondary N) is 1. The van der Waals surface area contributed by atoms with Crippen LogP contribution in [0, 0.1) is 11.7 Å². The fourth-order valence-corrected chi connectivity index (χ4v) is 5.72. The predicted octanol–water partition coefficient (Wildman–Crippen LogP) is 3.29. The number of fused-ring (bicyclic) bond motifs is 2. The highest BCUT2D eigenvalue weighted by atomic mass is 19.1. The average molecular weight is 521 g/mol. The van der Waals surface area contributed by atoms with Gasteiger partial charge in [-0.15, -0.1) is 0 Å². The highest BCUT2D eigenvalue weighted by Crippen LogP contribution is 2.36. The summed E-state index contributed by atoms with van der Waals surface area (Å²) in [5, 5.41) is 15.6. The van der Waals surface area contributed by atoms with E-state index in [0.29, 0.717) is 31.7 Å². The van der Waals surface area contributed by atoms with Crippen LogP contribution in [-0.2, 0) is 4.79 Å². The smallest absolute Gasteiger partial charge is 0.225 e. The molecule has 0 aliphatic carbocycles. The van der Waals surface area contributed by atoms with Crippen molar-refractivity contribution in [2.45, 2.75) is 31.4 Å². The molecule has 6 rings (SSSR count). The number of para-hydroxylation sites is 1. The number of likely N-dealkylation sites (tertiary alicyclic amines) is 1. The summed E-state index contributed by atoms with van der Waals surface area (Å²) in [6, 6.07) is 14.4. The molecule has 0 unspecified atom stereocenters. The number of hydrogen-bond donors (Lipinski definition) is 2. The minimum absolute atomic E-state index is 0.0701. The van der Waals surface area contributed by atoms with Crippen LogP contribution >= 0.6 is 0 Å². The lowest BCUT2D eigenvalue weighted by Crippen LogP contribution is -2.48. The first-order valence-corrected chi connectivity index (χ1v) is 13.5. The van der Waals surface area contributed by atoms with E-state index in [0.717, 1.165) is 49.2 Å². The lowest BCUT2D eigenvalue weighted by molar-refractivity contribution is -0.126. The average Bonchev–Trinajstić information content (AvgIpc) is 3.65. The molecule has 2 fully saturated rings. The summed E-state index contributed by atoms with van der Waals surface area (Å²) < 4.78 is 25.7. The molecule has 9 heteroatoms. The van der Waals surface area contributed by atoms with Crippen molar-refractivity contribution in [3.8, 4) is 11.5 Å². The zero-order valence-corrected chi connectivity index (χ0v) is 21.3. The minimum Gasteiger partial charge on any atom is -0.486 e. The van der Waals surface area contributed by atoms with E-state index in [1.807, 2.05) is 30.3 Å². The Hall–Kier alpha value is -3.43. The number of aliphatic hydroxyl groups excluding tert-OH is 1. The Bertz CT molecular complexity index is 1310. The number of aromatic nitrogens is 1. The number of benzene rings is 2. The van der Waals surface area contributed by atoms with Crippen molar-refractivity contribution in [2.24, 2.45) is 5.92 Å². The number of carbonyl (C=O) groups excluding carboxylic acids is 1. The summed E-state index contributed by atoms with van der Waals surface area (Å²) in [5.74, 6) is 0.311. The molecule has 3 aliphatic heterocycles. The summed E-state index contributed by atoms with van der Waals surface area (Å²) in [5.41, 5.74) is 1.29. The van der Waals surface area contributed by atoms with Gasteiger partial charge in [0.15, 0.2) is 17.3 Å². The molecule has 0 bridgehead atoms. The molecule has 0 saturated carbocycles. The third kappa shape index (κ3) is 5.13. The maximum Gasteiger partial charge on any atom is 0.225 e. The van der Waals surface area contributed by atoms with E-state index in [4.69, 9.17) is 14.5 Å². The highest BCUT2D eigenvalue weighted by molar-refractivity contribution is 5.82. The van der Waals surface area contributed by atoms with Gasteiger partial charge < -0.3 is 29.7 Å². The van der Waals surface area contributed by atoms with Crippen LogP contribution < -0.4 is 19.7 Å². The third-order valence-electron chi connectivity index (χ3n) is 7.79. The molecule has 0 radical (unpaired) electrons. The number of nitrogens with zero attached hydrogens (tertiary/aromatic N) is 3. The van der Waals surface area contributed by atoms with Crippen LogP contribution in [0.3, 0.4) is 0 Å². The molecule has 3 aromatic rings. The van der Waals surface area contributed by atoms with Gasteiger partial charge in [0.25, 0.3) is 0 Å². The summed E-state index contributed by atoms with van der Waals surface area (Å²) in [4.78, 5) is 22.6. The van der Waals surface area contributed by atoms with Gasteiger partial charge in [-0.1, -0.05) is 18.2 Å². The Morgan fingerprint density at radius 1 is 1.11 bits per heavy atom. The second-order valence-corrected chi connectivity index (χ2v) is 10.4. The lowest BCUT2D eigenvalue weighted by atomic mass is 9.99. The van der Waals surface area contributed by atoms with Gasteiger partial charge in [0, 0.05) is 25.0 Å². The van der Waals surface area contributed by atoms with Gasteiger partial charge >= 0.3 is 0 Å². The molecule has 1 aromatic heterocycles. The van der Waals surface area contributed by atoms with Crippen LogP contribution in [0.2, 0.25) is 0 Å². The standard InChI is InChI=1S/C29H33FN4O4/c30-22-15-21(16-25-28(22)38-14-13-37-25)27(35)24(18-33-10-3-4-11-33)32-29(36)20-9-12-34(17-20)26-8-7-19-5-1-2-6-23(19)31-26/h1-2,5-8,15-16,20,24,27,35H,3-4,9-14,17-18H2,(H,32,36)/t20-,24-,27-/m1/s1. The van der Waals surface area contributed by atoms with Crippen LogP contribution in [0.1, 0.15) is 30.9 Å². The number of anilines is 1. The molecule has 1 amide bonds. The monoisotopic (exact) mass is 520 g/mol. The largest absolute Gasteiger partial charge is 0.486 e. The van der Waals surface area contributed by atoms with E-state index >= 15 is 0 Å². The van der Waals surface area contributed by atoms with Gasteiger partial charge in [-0.2, -0.15) is 0 Å². The Morgan fingerprint density at radius 3 is 2.79 bits per heavy atom. The first-order chi connectivity index (χ1) is 18.5. The number of pyridine rings is 1. The van der Waals surface area contributed by atoms with Gasteiger partial charge in [-0.05, 0) is 68.2 Å². The Balaban J connectivity index is 1.17. The molecule has 0 spiro atoms. The van der Waals surface area contributed by atoms with Crippen molar-refractivity contribution >= 4 is 22.6 Å². The van der Waals surface area contributed by atoms with Crippen molar-refractivity contribution in [1.82, 2.24) is 15.2 Å². The van der Waals surface area contributed by atoms with E-state index in [9.17, 15) is 14.3 Å². The van der Waals surface area contributed by atoms with Crippen LogP contribution in [0.25, 0.3) is 10.9 Å². The zero-order valence-electron chi connectivity index (χ0n) is 21.3. The van der Waals surface area contributed by atoms with Gasteiger partial charge in [0.2, 0.25) is 5.91 Å². The second-order valence-electron chi connectivity index (χ2n) is 10.4. The number of amides is 1. The minimum atomic E-state index is -1.09. The van der Waals surface area contributed by atoms with Crippen molar-refractivity contribution in [3.63, 3.8) is 0 Å². The highest BCUT2D eigenvalue weighted by Gasteiger charge is 2.34. The first kappa shape index (κ1) is 24.9. The van der Waals surface area contributed by atoms with Gasteiger partial charge in [-0.25, -0.2) is 9.37 Å². The summed E-state index contributed by atoms with van der Waals surface area (Å²) in [6.45, 7) is 4.22. The number of aliphatic hydroxyl groups is 1. The Labute approximate surface area is 221 Å². The number of ether oxygens (including phenoxy) is 2. The van der Waals surface area contributed by atoms with Crippen molar-refractivity contribution in [1.29, 1.82) is 0 Å². The Morgan fingerprint density at radius 2 is 1.92 bits per heavy atom. The molecule has 2 aromatic carbocycles. The molecule has 3 atom stereocenters. The number of halogens is 1. The van der Waals surface area contributed by atoms with Crippen LogP contribution in [0.4, 0.5) is 10.2 Å². The zero-order chi connectivity index (χ0) is 26.1. The molecule has 3 aliphatic rings. The van der Waals surface area contributed by atoms with Gasteiger partial charge in [-0.3, -0.25) is 4.79 Å². The maximum atomic E-state index is 14.7. The van der Waals surface area contributed by atoms with Crippen molar-refractivity contribution in [2.75, 3.05) is 50.8 Å². The molecule has 2 N–H and O–H groups in total. The van der Waals surface area contributed by atoms with Gasteiger partial charge in [0.1, 0.15) is 25.1 Å². The van der Waals surface area contributed by atoms with Gasteiger partial charge in [0.05, 0.1) is 17.5 Å². The summed E-state index contributed by atoms with van der Waals surface area (Å²) in [6.07, 6.45) is 1.78. The van der Waals surface area contributed by atoms with Crippen molar-refractivity contribution < 1.29 is 23.8 Å². The van der Waals surface area contributed by atoms with Crippen LogP contribution in [0.15, 0.2) is 48.5 Å². The number of hydrogen-bond acceptors (Lipinski definition) is 7. The van der Waals surface area contributed by atoms with Crippen LogP contribution in [-0.4, -0.2) is 72.9 Å². The number of rotatable bonds is 7. The number of carbonyl (C=O) groups is 1. The van der Waals surface area contributed by atoms with Crippen LogP contribution in [0.5, 0.6) is 11.5 Å². The fourth-order valence-electron chi connectivity index (χ4n) is 5.72. The molecule has 38 heavy (non-hydrogen) atoms. The van der Waals surface area contributed by atoms with E-state index in [2.05, 4.69) is 21.2 Å². The summed E-state index contributed by atoms with van der Waals surface area (Å²) >= 11 is 0. The van der Waals surface area contributed by atoms with E-state index in [-0.39, 0.29) is 29.9 Å². The van der Waals surface area contributed by atoms with E-state index < -0.39 is 18.0 Å². The summed E-state index contributed by atoms with van der Waals surface area (Å²) in [7, 11) is 0. The third-order valence-corrected chi connectivity index (χ3v) is 7.79. The molecular formula is C29H33FN4O4. The topological polar surface area (TPSA) is 87.2 Å².